The number of carbonyl (C=O) groups is 4. The van der Waals surface area contributed by atoms with Crippen LogP contribution >= 0.6 is 0 Å². The minimum atomic E-state index is -0.197. The van der Waals surface area contributed by atoms with Crippen LogP contribution in [0.15, 0.2) is 84.9 Å². The Kier molecular flexibility index (Phi) is 18.1. The summed E-state index contributed by atoms with van der Waals surface area (Å²) in [6.45, 7) is 17.3. The molecule has 81 heavy (non-hydrogen) atoms. The average Bonchev–Trinajstić information content (AvgIpc) is 4.21. The summed E-state index contributed by atoms with van der Waals surface area (Å²) in [6, 6.07) is 26.9. The summed E-state index contributed by atoms with van der Waals surface area (Å²) in [5, 5.41) is 9.57. The van der Waals surface area contributed by atoms with Gasteiger partial charge < -0.3 is 40.3 Å². The van der Waals surface area contributed by atoms with Crippen molar-refractivity contribution in [2.45, 2.75) is 177 Å². The molecule has 4 unspecified atom stereocenters. The topological polar surface area (TPSA) is 127 Å². The van der Waals surface area contributed by atoms with Crippen LogP contribution < -0.4 is 16.0 Å². The first-order chi connectivity index (χ1) is 39.3. The number of ether oxygens (including phenoxy) is 1. The molecule has 444 valence electrons. The van der Waals surface area contributed by atoms with Gasteiger partial charge in [0.05, 0.1) is 25.2 Å². The van der Waals surface area contributed by atoms with E-state index in [0.717, 1.165) is 101 Å². The largest absolute Gasteiger partial charge is 0.453 e. The molecule has 4 heterocycles. The van der Waals surface area contributed by atoms with Crippen molar-refractivity contribution in [2.75, 3.05) is 79.1 Å². The van der Waals surface area contributed by atoms with Crippen LogP contribution in [0.4, 0.5) is 4.79 Å². The van der Waals surface area contributed by atoms with Gasteiger partial charge in [0.25, 0.3) is 0 Å². The Morgan fingerprint density at radius 3 is 1.25 bits per heavy atom. The van der Waals surface area contributed by atoms with E-state index < -0.39 is 0 Å². The van der Waals surface area contributed by atoms with E-state index in [2.05, 4.69) is 116 Å². The van der Waals surface area contributed by atoms with Crippen LogP contribution in [0.5, 0.6) is 0 Å². The van der Waals surface area contributed by atoms with Crippen molar-refractivity contribution in [2.24, 2.45) is 29.6 Å². The molecule has 4 amide bonds. The summed E-state index contributed by atoms with van der Waals surface area (Å²) in [4.78, 5) is 56.6. The van der Waals surface area contributed by atoms with Crippen molar-refractivity contribution < 1.29 is 28.2 Å². The second-order valence-electron chi connectivity index (χ2n) is 27.2. The molecule has 6 fully saturated rings. The lowest BCUT2D eigenvalue weighted by Crippen LogP contribution is -2.46. The zero-order chi connectivity index (χ0) is 56.1. The van der Waals surface area contributed by atoms with Gasteiger partial charge in [0.1, 0.15) is 0 Å². The summed E-state index contributed by atoms with van der Waals surface area (Å²) in [7, 11) is 1.45. The van der Waals surface area contributed by atoms with Crippen LogP contribution in [0, 0.1) is 29.6 Å². The van der Waals surface area contributed by atoms with Crippen LogP contribution in [-0.4, -0.2) is 123 Å². The van der Waals surface area contributed by atoms with Crippen LogP contribution in [0.25, 0.3) is 0 Å². The normalized spacial score (nSPS) is 28.2. The highest BCUT2D eigenvalue weighted by atomic mass is 16.5. The molecule has 12 nitrogen and oxygen atoms in total. The molecule has 2 bridgehead atoms. The fraction of sp³-hybridized carbons (Fsp3) is 0.652. The Bertz CT molecular complexity index is 2700. The molecule has 11 aliphatic rings. The highest BCUT2D eigenvalue weighted by Crippen LogP contribution is 2.54. The average molecular weight is 1110 g/mol. The summed E-state index contributed by atoms with van der Waals surface area (Å²) in [6.07, 6.45) is 28.8. The molecule has 14 rings (SSSR count). The Morgan fingerprint density at radius 1 is 0.494 bits per heavy atom. The van der Waals surface area contributed by atoms with Gasteiger partial charge in [0, 0.05) is 74.0 Å². The van der Waals surface area contributed by atoms with Crippen molar-refractivity contribution in [1.82, 2.24) is 35.6 Å². The number of fused-ring (bicyclic) bond motifs is 8. The third-order valence-corrected chi connectivity index (χ3v) is 22.1. The smallest absolute Gasteiger partial charge is 0.409 e. The number of hydrogen-bond donors (Lipinski definition) is 3. The number of carbonyl (C=O) groups excluding carboxylic acids is 4. The van der Waals surface area contributed by atoms with E-state index in [4.69, 9.17) is 4.74 Å². The van der Waals surface area contributed by atoms with Crippen LogP contribution in [0.3, 0.4) is 0 Å². The maximum atomic E-state index is 11.7. The Balaban J connectivity index is 0.000000162. The van der Waals surface area contributed by atoms with E-state index >= 15 is 0 Å². The fourth-order valence-corrected chi connectivity index (χ4v) is 17.8. The van der Waals surface area contributed by atoms with Crippen LogP contribution in [0.2, 0.25) is 0 Å². The molecule has 3 aromatic carbocycles. The van der Waals surface area contributed by atoms with E-state index in [9.17, 15) is 19.2 Å². The fourth-order valence-electron chi connectivity index (χ4n) is 17.8. The predicted molar refractivity (Wildman–Crippen MR) is 328 cm³/mol. The molecule has 4 saturated heterocycles. The first-order valence-electron chi connectivity index (χ1n) is 32.1. The van der Waals surface area contributed by atoms with Gasteiger partial charge in [-0.15, -0.1) is 0 Å². The quantitative estimate of drug-likeness (QED) is 0.181. The molecule has 12 heteroatoms. The molecular formula is C69H103N7O5. The van der Waals surface area contributed by atoms with Gasteiger partial charge in [-0.05, 0) is 205 Å². The van der Waals surface area contributed by atoms with E-state index in [1.165, 1.54) is 157 Å². The molecule has 7 aliphatic carbocycles. The SMILES string of the molecule is CC(=O)NC1CC2(CCN(CC3CC4C=CC3CC4)CC2)c2ccccc21.CC(=O)N[C@H]1CC2(CCN(CC3CCCCC3)CC2)c2ccccc21.COC(=O)N1CCC(CN2CCC3(CC2)C[C@H](NC(C)=O)c2ccccc23)CC1.[HH].[HH].[HH]. The number of nitrogens with one attached hydrogen (secondary N) is 3. The van der Waals surface area contributed by atoms with Gasteiger partial charge in [-0.3, -0.25) is 14.4 Å². The number of hydrogen-bond acceptors (Lipinski definition) is 8. The Morgan fingerprint density at radius 2 is 0.889 bits per heavy atom. The van der Waals surface area contributed by atoms with Crippen molar-refractivity contribution in [1.29, 1.82) is 0 Å². The summed E-state index contributed by atoms with van der Waals surface area (Å²) < 4.78 is 4.84. The molecule has 4 aliphatic heterocycles. The number of amides is 4. The van der Waals surface area contributed by atoms with Crippen LogP contribution in [0.1, 0.15) is 199 Å². The maximum absolute atomic E-state index is 11.7. The summed E-state index contributed by atoms with van der Waals surface area (Å²) >= 11 is 0. The van der Waals surface area contributed by atoms with Gasteiger partial charge in [-0.2, -0.15) is 0 Å². The molecule has 3 N–H and O–H groups in total. The number of likely N-dealkylation sites (tertiary alicyclic amines) is 4. The van der Waals surface area contributed by atoms with Gasteiger partial charge >= 0.3 is 6.09 Å². The lowest BCUT2D eigenvalue weighted by Gasteiger charge is -2.44. The van der Waals surface area contributed by atoms with Crippen molar-refractivity contribution in [3.05, 3.63) is 118 Å². The Labute approximate surface area is 489 Å². The molecule has 3 spiro atoms. The summed E-state index contributed by atoms with van der Waals surface area (Å²) in [5.41, 5.74) is 9.24. The Hall–Kier alpha value is -5.04. The van der Waals surface area contributed by atoms with Crippen LogP contribution in [-0.2, 0) is 35.4 Å². The number of rotatable bonds is 9. The van der Waals surface area contributed by atoms with E-state index in [1.54, 1.807) is 20.8 Å². The number of piperidine rings is 4. The van der Waals surface area contributed by atoms with Gasteiger partial charge in [0.15, 0.2) is 0 Å². The lowest BCUT2D eigenvalue weighted by molar-refractivity contribution is -0.120. The van der Waals surface area contributed by atoms with Gasteiger partial charge in [0.2, 0.25) is 17.7 Å². The second kappa shape index (κ2) is 25.4. The van der Waals surface area contributed by atoms with Gasteiger partial charge in [-0.1, -0.05) is 104 Å². The maximum Gasteiger partial charge on any atom is 0.409 e. The van der Waals surface area contributed by atoms with E-state index in [0.29, 0.717) is 5.92 Å². The first kappa shape index (κ1) is 57.8. The third-order valence-electron chi connectivity index (χ3n) is 22.1. The van der Waals surface area contributed by atoms with Crippen molar-refractivity contribution in [3.63, 3.8) is 0 Å². The predicted octanol–water partition coefficient (Wildman–Crippen LogP) is 12.2. The molecule has 0 aromatic heterocycles. The van der Waals surface area contributed by atoms with E-state index in [-0.39, 0.29) is 62.5 Å². The molecule has 2 saturated carbocycles. The minimum absolute atomic E-state index is 0. The monoisotopic (exact) mass is 1110 g/mol. The highest BCUT2D eigenvalue weighted by molar-refractivity contribution is 5.75. The molecule has 6 atom stereocenters. The standard InChI is InChI=1S/C24H32N2O.C23H33N3O3.C22H32N2O.3H2/c1-17(27)25-23-15-24(22-5-3-2-4-21(22)23)10-12-26(13-11-24)16-20-14-18-6-8-19(20)9-7-18;1-17(27)24-21-15-23(20-6-4-3-5-19(20)21)9-13-25(14-10-23)16-18-7-11-26(12-8-18)22(28)29-2;1-17(25)23-21-15-22(20-10-6-5-9-19(20)21)11-13-24(14-12-22)16-18-7-3-2-4-8-18;;;/h2-6,8,18-20,23H,7,9-16H2,1H3,(H,25,27);3-6,18,21H,7-16H2,1-2H3,(H,24,27);5-6,9-10,18,21H,2-4,7-8,11-16H2,1H3,(H,23,25);3*1H/t;2*21-;;;/m.00.../s1. The van der Waals surface area contributed by atoms with Gasteiger partial charge in [-0.25, -0.2) is 4.79 Å². The van der Waals surface area contributed by atoms with Crippen molar-refractivity contribution in [3.8, 4) is 0 Å². The molecular weight excluding hydrogens is 1010 g/mol. The molecule has 3 aromatic rings. The highest BCUT2D eigenvalue weighted by Gasteiger charge is 2.49. The number of methoxy groups -OCH3 is 1. The lowest BCUT2D eigenvalue weighted by atomic mass is 9.68. The third kappa shape index (κ3) is 13.0. The summed E-state index contributed by atoms with van der Waals surface area (Å²) in [5.74, 6) is 4.40. The number of nitrogens with zero attached hydrogens (tertiary/aromatic N) is 4. The van der Waals surface area contributed by atoms with E-state index in [1.807, 2.05) is 4.90 Å². The zero-order valence-electron chi connectivity index (χ0n) is 49.7. The minimum Gasteiger partial charge on any atom is -0.453 e. The number of allylic oxidation sites excluding steroid dienone is 2. The zero-order valence-corrected chi connectivity index (χ0v) is 49.7. The molecule has 0 radical (unpaired) electrons. The first-order valence-corrected chi connectivity index (χ1v) is 32.1. The second-order valence-corrected chi connectivity index (χ2v) is 27.2. The van der Waals surface area contributed by atoms with Crippen molar-refractivity contribution >= 4 is 23.8 Å². The number of benzene rings is 3.